The van der Waals surface area contributed by atoms with Crippen LogP contribution in [0.5, 0.6) is 0 Å². The first kappa shape index (κ1) is 33.0. The molecule has 0 aromatic heterocycles. The van der Waals surface area contributed by atoms with Crippen molar-refractivity contribution in [3.05, 3.63) is 107 Å². The van der Waals surface area contributed by atoms with Crippen molar-refractivity contribution in [2.75, 3.05) is 13.1 Å². The molecule has 1 saturated heterocycles. The molecule has 2 N–H and O–H groups in total. The molecule has 3 aromatic carbocycles. The lowest BCUT2D eigenvalue weighted by Crippen LogP contribution is -2.54. The van der Waals surface area contributed by atoms with Gasteiger partial charge < -0.3 is 15.3 Å². The van der Waals surface area contributed by atoms with Crippen LogP contribution in [0.15, 0.2) is 78.9 Å². The second-order valence-electron chi connectivity index (χ2n) is 12.7. The van der Waals surface area contributed by atoms with E-state index in [1.165, 1.54) is 6.92 Å². The average Bonchev–Trinajstić information content (AvgIpc) is 3.01. The largest absolute Gasteiger partial charge is 0.416 e. The number of hydrogen-bond acceptors (Lipinski definition) is 3. The third-order valence-electron chi connectivity index (χ3n) is 9.62. The lowest BCUT2D eigenvalue weighted by atomic mass is 9.73. The summed E-state index contributed by atoms with van der Waals surface area (Å²) in [4.78, 5) is 16.0. The molecular weight excluding hydrogens is 594 g/mol. The van der Waals surface area contributed by atoms with Crippen LogP contribution in [0, 0.1) is 0 Å². The van der Waals surface area contributed by atoms with Crippen molar-refractivity contribution in [1.29, 1.82) is 0 Å². The first-order valence-electron chi connectivity index (χ1n) is 15.3. The van der Waals surface area contributed by atoms with Crippen molar-refractivity contribution in [2.45, 2.75) is 87.3 Å². The molecule has 242 valence electrons. The van der Waals surface area contributed by atoms with Gasteiger partial charge in [-0.15, -0.1) is 0 Å². The Morgan fingerprint density at radius 2 is 1.36 bits per heavy atom. The Kier molecular flexibility index (Phi) is 9.38. The first-order valence-corrected chi connectivity index (χ1v) is 15.3. The zero-order chi connectivity index (χ0) is 32.5. The van der Waals surface area contributed by atoms with E-state index in [1.54, 1.807) is 0 Å². The molecule has 2 aliphatic rings. The van der Waals surface area contributed by atoms with Gasteiger partial charge in [0.15, 0.2) is 0 Å². The molecule has 10 heteroatoms. The number of hydrogen-bond donors (Lipinski definition) is 2. The maximum Gasteiger partial charge on any atom is 0.416 e. The number of likely N-dealkylation sites (tertiary alicyclic amines) is 1. The summed E-state index contributed by atoms with van der Waals surface area (Å²) in [7, 11) is 0. The van der Waals surface area contributed by atoms with E-state index in [1.807, 2.05) is 60.7 Å². The van der Waals surface area contributed by atoms with Crippen LogP contribution in [0.4, 0.5) is 26.3 Å². The lowest BCUT2D eigenvalue weighted by molar-refractivity contribution is -0.143. The second-order valence-corrected chi connectivity index (χ2v) is 12.7. The highest BCUT2D eigenvalue weighted by Crippen LogP contribution is 2.42. The minimum absolute atomic E-state index is 0.0734. The topological polar surface area (TPSA) is 52.6 Å². The summed E-state index contributed by atoms with van der Waals surface area (Å²) in [6.07, 6.45) is -5.51. The van der Waals surface area contributed by atoms with Crippen LogP contribution in [0.25, 0.3) is 0 Å². The number of halogens is 6. The van der Waals surface area contributed by atoms with Crippen molar-refractivity contribution >= 4 is 5.91 Å². The van der Waals surface area contributed by atoms with E-state index in [9.17, 15) is 36.2 Å². The number of piperidine rings is 1. The van der Waals surface area contributed by atoms with E-state index < -0.39 is 46.4 Å². The van der Waals surface area contributed by atoms with Gasteiger partial charge >= 0.3 is 12.4 Å². The van der Waals surface area contributed by atoms with Gasteiger partial charge in [-0.05, 0) is 80.3 Å². The predicted octanol–water partition coefficient (Wildman–Crippen LogP) is 7.85. The van der Waals surface area contributed by atoms with Crippen LogP contribution in [0.3, 0.4) is 0 Å². The van der Waals surface area contributed by atoms with E-state index in [2.05, 4.69) is 10.2 Å². The summed E-state index contributed by atoms with van der Waals surface area (Å²) < 4.78 is 81.0. The maximum atomic E-state index is 13.6. The molecule has 2 fully saturated rings. The van der Waals surface area contributed by atoms with E-state index >= 15 is 0 Å². The van der Waals surface area contributed by atoms with Gasteiger partial charge in [0.1, 0.15) is 0 Å². The standard InChI is InChI=1S/C35H38F6N2O2/c1-24(26-20-28(34(36,37)38)22-29(21-26)35(39,40)41)31(44)42-33(27-10-6-3-7-11-27)14-12-30(13-15-33)43-18-16-32(45,17-19-43)23-25-8-4-2-5-9-25/h2-11,20-22,24,30,45H,12-19,23H2,1H3,(H,42,44). The lowest BCUT2D eigenvalue weighted by Gasteiger charge is -2.47. The van der Waals surface area contributed by atoms with Gasteiger partial charge in [-0.2, -0.15) is 26.3 Å². The molecule has 0 radical (unpaired) electrons. The number of alkyl halides is 6. The van der Waals surface area contributed by atoms with Gasteiger partial charge in [-0.25, -0.2) is 0 Å². The van der Waals surface area contributed by atoms with Crippen molar-refractivity contribution in [1.82, 2.24) is 10.2 Å². The van der Waals surface area contributed by atoms with E-state index in [0.717, 1.165) is 37.1 Å². The molecule has 1 amide bonds. The summed E-state index contributed by atoms with van der Waals surface area (Å²) >= 11 is 0. The van der Waals surface area contributed by atoms with Gasteiger partial charge in [0.05, 0.1) is 28.2 Å². The van der Waals surface area contributed by atoms with Crippen molar-refractivity contribution < 1.29 is 36.2 Å². The first-order chi connectivity index (χ1) is 21.2. The molecule has 3 aromatic rings. The smallest absolute Gasteiger partial charge is 0.389 e. The number of rotatable bonds is 7. The Bertz CT molecular complexity index is 1410. The second kappa shape index (κ2) is 12.8. The Hall–Kier alpha value is -3.37. The molecule has 1 saturated carbocycles. The van der Waals surface area contributed by atoms with Crippen LogP contribution in [-0.2, 0) is 29.1 Å². The minimum atomic E-state index is -5.00. The summed E-state index contributed by atoms with van der Waals surface area (Å²) in [6.45, 7) is 2.82. The van der Waals surface area contributed by atoms with Gasteiger partial charge in [0, 0.05) is 25.6 Å². The molecule has 5 rings (SSSR count). The number of carbonyl (C=O) groups is 1. The zero-order valence-electron chi connectivity index (χ0n) is 25.1. The summed E-state index contributed by atoms with van der Waals surface area (Å²) in [5.74, 6) is -1.88. The Labute approximate surface area is 259 Å². The summed E-state index contributed by atoms with van der Waals surface area (Å²) in [5.41, 5.74) is -2.86. The molecule has 1 unspecified atom stereocenters. The Balaban J connectivity index is 1.30. The minimum Gasteiger partial charge on any atom is -0.389 e. The average molecular weight is 633 g/mol. The molecule has 1 heterocycles. The van der Waals surface area contributed by atoms with E-state index in [4.69, 9.17) is 0 Å². The highest BCUT2D eigenvalue weighted by atomic mass is 19.4. The van der Waals surface area contributed by atoms with Gasteiger partial charge in [-0.1, -0.05) is 60.7 Å². The van der Waals surface area contributed by atoms with Crippen LogP contribution in [0.2, 0.25) is 0 Å². The molecule has 0 bridgehead atoms. The summed E-state index contributed by atoms with van der Waals surface area (Å²) in [6, 6.07) is 20.8. The molecule has 4 nitrogen and oxygen atoms in total. The monoisotopic (exact) mass is 632 g/mol. The van der Waals surface area contributed by atoms with Crippen LogP contribution in [-0.4, -0.2) is 40.6 Å². The fourth-order valence-electron chi connectivity index (χ4n) is 6.89. The van der Waals surface area contributed by atoms with Crippen molar-refractivity contribution in [3.8, 4) is 0 Å². The molecule has 1 atom stereocenters. The van der Waals surface area contributed by atoms with Gasteiger partial charge in [0.25, 0.3) is 0 Å². The molecule has 1 aliphatic heterocycles. The SMILES string of the molecule is CC(C(=O)NC1(c2ccccc2)CCC(N2CCC(O)(Cc3ccccc3)CC2)CC1)c1cc(C(F)(F)F)cc(C(F)(F)F)c1. The van der Waals surface area contributed by atoms with Crippen molar-refractivity contribution in [2.24, 2.45) is 0 Å². The normalized spacial score (nSPS) is 23.3. The van der Waals surface area contributed by atoms with Crippen molar-refractivity contribution in [3.63, 3.8) is 0 Å². The van der Waals surface area contributed by atoms with Crippen LogP contribution in [0.1, 0.15) is 79.2 Å². The third kappa shape index (κ3) is 7.72. The third-order valence-corrected chi connectivity index (χ3v) is 9.62. The van der Waals surface area contributed by atoms with Crippen LogP contribution >= 0.6 is 0 Å². The summed E-state index contributed by atoms with van der Waals surface area (Å²) in [5, 5.41) is 14.3. The highest BCUT2D eigenvalue weighted by molar-refractivity contribution is 5.84. The van der Waals surface area contributed by atoms with E-state index in [-0.39, 0.29) is 17.7 Å². The number of nitrogens with zero attached hydrogens (tertiary/aromatic N) is 1. The highest BCUT2D eigenvalue weighted by Gasteiger charge is 2.43. The molecule has 45 heavy (non-hydrogen) atoms. The fraction of sp³-hybridized carbons (Fsp3) is 0.457. The maximum absolute atomic E-state index is 13.6. The number of nitrogens with one attached hydrogen (secondary N) is 1. The molecule has 1 aliphatic carbocycles. The number of aliphatic hydroxyl groups is 1. The zero-order valence-corrected chi connectivity index (χ0v) is 25.1. The number of carbonyl (C=O) groups excluding carboxylic acids is 1. The Morgan fingerprint density at radius 1 is 0.844 bits per heavy atom. The van der Waals surface area contributed by atoms with Gasteiger partial charge in [0.2, 0.25) is 5.91 Å². The molecular formula is C35H38F6N2O2. The predicted molar refractivity (Wildman–Crippen MR) is 159 cm³/mol. The van der Waals surface area contributed by atoms with Crippen LogP contribution < -0.4 is 5.32 Å². The van der Waals surface area contributed by atoms with E-state index in [0.29, 0.717) is 44.2 Å². The number of amides is 1. The van der Waals surface area contributed by atoms with Gasteiger partial charge in [-0.3, -0.25) is 4.79 Å². The molecule has 0 spiro atoms. The quantitative estimate of drug-likeness (QED) is 0.261. The fourth-order valence-corrected chi connectivity index (χ4v) is 6.89. The number of benzene rings is 3. The Morgan fingerprint density at radius 3 is 1.87 bits per heavy atom.